The maximum absolute atomic E-state index is 12.2. The van der Waals surface area contributed by atoms with Crippen molar-refractivity contribution < 1.29 is 43.1 Å². The van der Waals surface area contributed by atoms with Gasteiger partial charge in [-0.2, -0.15) is 0 Å². The van der Waals surface area contributed by atoms with Crippen LogP contribution in [0.1, 0.15) is 11.1 Å². The lowest BCUT2D eigenvalue weighted by atomic mass is 10.1. The summed E-state index contributed by atoms with van der Waals surface area (Å²) in [7, 11) is 1.33. The first-order valence-corrected chi connectivity index (χ1v) is 9.64. The van der Waals surface area contributed by atoms with Gasteiger partial charge in [0.05, 0.1) is 6.61 Å². The van der Waals surface area contributed by atoms with Crippen LogP contribution in [-0.2, 0) is 41.6 Å². The number of aliphatic hydroxyl groups is 1. The molecule has 2 aromatic rings. The predicted molar refractivity (Wildman–Crippen MR) is 106 cm³/mol. The van der Waals surface area contributed by atoms with Crippen LogP contribution in [0.15, 0.2) is 60.7 Å². The van der Waals surface area contributed by atoms with Gasteiger partial charge >= 0.3 is 12.3 Å². The second-order valence-electron chi connectivity index (χ2n) is 6.67. The Bertz CT molecular complexity index is 758. The molecule has 1 fully saturated rings. The second-order valence-corrected chi connectivity index (χ2v) is 6.67. The summed E-state index contributed by atoms with van der Waals surface area (Å²) < 4.78 is 31.4. The van der Waals surface area contributed by atoms with Gasteiger partial charge in [-0.05, 0) is 11.1 Å². The minimum Gasteiger partial charge on any atom is -0.429 e. The van der Waals surface area contributed by atoms with E-state index in [1.165, 1.54) is 7.11 Å². The number of aliphatic hydroxyl groups excluding tert-OH is 1. The number of hydrogen-bond acceptors (Lipinski definition) is 9. The Morgan fingerprint density at radius 1 is 0.839 bits per heavy atom. The van der Waals surface area contributed by atoms with Crippen molar-refractivity contribution in [2.45, 2.75) is 37.8 Å². The summed E-state index contributed by atoms with van der Waals surface area (Å²) in [5, 5.41) is 9.59. The molecule has 0 radical (unpaired) electrons. The minimum absolute atomic E-state index is 0.00102. The van der Waals surface area contributed by atoms with Crippen LogP contribution in [0.3, 0.4) is 0 Å². The van der Waals surface area contributed by atoms with E-state index in [-0.39, 0.29) is 13.2 Å². The van der Waals surface area contributed by atoms with E-state index in [2.05, 4.69) is 0 Å². The van der Waals surface area contributed by atoms with Gasteiger partial charge in [0.15, 0.2) is 18.5 Å². The Morgan fingerprint density at radius 2 is 1.32 bits per heavy atom. The number of benzene rings is 2. The standard InChI is InChI=1S/C22H24O9/c1-26-20-19(31-22(25)28-14-16-10-6-3-7-11-16)18(17(12-23)29-20)30-21(24)27-13-15-8-4-2-5-9-15/h2-11,17-20,23H,12-14H2,1H3/t17-,18-,19-,20+/m1/s1. The van der Waals surface area contributed by atoms with Gasteiger partial charge < -0.3 is 33.5 Å². The van der Waals surface area contributed by atoms with Crippen molar-refractivity contribution in [3.05, 3.63) is 71.8 Å². The van der Waals surface area contributed by atoms with E-state index < -0.39 is 43.5 Å². The number of carbonyl (C=O) groups is 2. The maximum Gasteiger partial charge on any atom is 0.509 e. The lowest BCUT2D eigenvalue weighted by molar-refractivity contribution is -0.158. The molecular formula is C22H24O9. The number of methoxy groups -OCH3 is 1. The Morgan fingerprint density at radius 3 is 1.77 bits per heavy atom. The van der Waals surface area contributed by atoms with Crippen LogP contribution < -0.4 is 0 Å². The molecule has 0 spiro atoms. The molecule has 0 unspecified atom stereocenters. The zero-order valence-electron chi connectivity index (χ0n) is 16.9. The average Bonchev–Trinajstić information content (AvgIpc) is 3.13. The summed E-state index contributed by atoms with van der Waals surface area (Å²) in [6.07, 6.45) is -6.34. The van der Waals surface area contributed by atoms with E-state index in [0.29, 0.717) is 0 Å². The van der Waals surface area contributed by atoms with Crippen molar-refractivity contribution >= 4 is 12.3 Å². The second kappa shape index (κ2) is 11.3. The average molecular weight is 432 g/mol. The highest BCUT2D eigenvalue weighted by Crippen LogP contribution is 2.28. The van der Waals surface area contributed by atoms with Gasteiger partial charge in [-0.3, -0.25) is 0 Å². The first kappa shape index (κ1) is 22.5. The molecule has 31 heavy (non-hydrogen) atoms. The highest BCUT2D eigenvalue weighted by Gasteiger charge is 2.50. The third-order valence-corrected chi connectivity index (χ3v) is 4.54. The molecule has 9 heteroatoms. The number of rotatable bonds is 8. The van der Waals surface area contributed by atoms with Crippen LogP contribution in [0.2, 0.25) is 0 Å². The zero-order valence-corrected chi connectivity index (χ0v) is 16.9. The van der Waals surface area contributed by atoms with Gasteiger partial charge in [-0.15, -0.1) is 0 Å². The summed E-state index contributed by atoms with van der Waals surface area (Å²) in [5.74, 6) is 0. The topological polar surface area (TPSA) is 110 Å². The van der Waals surface area contributed by atoms with Gasteiger partial charge in [0, 0.05) is 7.11 Å². The number of hydrogen-bond donors (Lipinski definition) is 1. The maximum atomic E-state index is 12.2. The number of carbonyl (C=O) groups excluding carboxylic acids is 2. The molecule has 0 aliphatic carbocycles. The van der Waals surface area contributed by atoms with E-state index in [4.69, 9.17) is 28.4 Å². The third-order valence-electron chi connectivity index (χ3n) is 4.54. The molecule has 0 amide bonds. The molecular weight excluding hydrogens is 408 g/mol. The van der Waals surface area contributed by atoms with Gasteiger partial charge in [0.1, 0.15) is 19.3 Å². The fraction of sp³-hybridized carbons (Fsp3) is 0.364. The molecule has 1 saturated heterocycles. The van der Waals surface area contributed by atoms with Gasteiger partial charge in [0.2, 0.25) is 0 Å². The van der Waals surface area contributed by atoms with E-state index in [0.717, 1.165) is 11.1 Å². The fourth-order valence-electron chi connectivity index (χ4n) is 3.02. The third kappa shape index (κ3) is 6.42. The molecule has 9 nitrogen and oxygen atoms in total. The van der Waals surface area contributed by atoms with E-state index in [1.54, 1.807) is 24.3 Å². The molecule has 4 atom stereocenters. The van der Waals surface area contributed by atoms with Gasteiger partial charge in [-0.25, -0.2) is 9.59 Å². The molecule has 1 aliphatic heterocycles. The zero-order chi connectivity index (χ0) is 22.1. The fourth-order valence-corrected chi connectivity index (χ4v) is 3.02. The molecule has 0 bridgehead atoms. The Labute approximate surface area is 179 Å². The van der Waals surface area contributed by atoms with Crippen molar-refractivity contribution in [1.82, 2.24) is 0 Å². The lowest BCUT2D eigenvalue weighted by Gasteiger charge is -2.22. The molecule has 1 heterocycles. The highest BCUT2D eigenvalue weighted by atomic mass is 16.8. The van der Waals surface area contributed by atoms with Gasteiger partial charge in [-0.1, -0.05) is 60.7 Å². The monoisotopic (exact) mass is 432 g/mol. The number of ether oxygens (including phenoxy) is 6. The van der Waals surface area contributed by atoms with Crippen LogP contribution in [0.5, 0.6) is 0 Å². The van der Waals surface area contributed by atoms with Crippen LogP contribution in [-0.4, -0.2) is 55.7 Å². The Balaban J connectivity index is 1.58. The molecule has 1 N–H and O–H groups in total. The summed E-state index contributed by atoms with van der Waals surface area (Å²) in [6.45, 7) is -0.496. The summed E-state index contributed by atoms with van der Waals surface area (Å²) in [5.41, 5.74) is 1.55. The van der Waals surface area contributed by atoms with Crippen LogP contribution >= 0.6 is 0 Å². The summed E-state index contributed by atoms with van der Waals surface area (Å²) in [4.78, 5) is 24.4. The summed E-state index contributed by atoms with van der Waals surface area (Å²) >= 11 is 0. The van der Waals surface area contributed by atoms with Crippen LogP contribution in [0.25, 0.3) is 0 Å². The van der Waals surface area contributed by atoms with Crippen molar-refractivity contribution in [3.63, 3.8) is 0 Å². The van der Waals surface area contributed by atoms with Crippen molar-refractivity contribution in [3.8, 4) is 0 Å². The first-order chi connectivity index (χ1) is 15.1. The van der Waals surface area contributed by atoms with Crippen molar-refractivity contribution in [2.75, 3.05) is 13.7 Å². The lowest BCUT2D eigenvalue weighted by Crippen LogP contribution is -2.42. The van der Waals surface area contributed by atoms with Crippen LogP contribution in [0, 0.1) is 0 Å². The van der Waals surface area contributed by atoms with Gasteiger partial charge in [0.25, 0.3) is 0 Å². The largest absolute Gasteiger partial charge is 0.509 e. The minimum atomic E-state index is -1.16. The Hall–Kier alpha value is -3.14. The molecule has 0 aromatic heterocycles. The SMILES string of the molecule is CO[C@H]1O[C@H](CO)[C@@H](OC(=O)OCc2ccccc2)[C@H]1OC(=O)OCc1ccccc1. The van der Waals surface area contributed by atoms with E-state index in [1.807, 2.05) is 36.4 Å². The summed E-state index contributed by atoms with van der Waals surface area (Å²) in [6, 6.07) is 18.1. The van der Waals surface area contributed by atoms with E-state index in [9.17, 15) is 14.7 Å². The predicted octanol–water partition coefficient (Wildman–Crippen LogP) is 2.79. The highest BCUT2D eigenvalue weighted by molar-refractivity contribution is 5.61. The quantitative estimate of drug-likeness (QED) is 0.630. The van der Waals surface area contributed by atoms with E-state index >= 15 is 0 Å². The molecule has 3 rings (SSSR count). The molecule has 2 aromatic carbocycles. The van der Waals surface area contributed by atoms with Crippen molar-refractivity contribution in [1.29, 1.82) is 0 Å². The molecule has 0 saturated carbocycles. The Kier molecular flexibility index (Phi) is 8.22. The molecule has 166 valence electrons. The smallest absolute Gasteiger partial charge is 0.429 e. The van der Waals surface area contributed by atoms with Crippen molar-refractivity contribution in [2.24, 2.45) is 0 Å². The normalized spacial score (nSPS) is 22.5. The molecule has 1 aliphatic rings. The van der Waals surface area contributed by atoms with Crippen LogP contribution in [0.4, 0.5) is 9.59 Å². The first-order valence-electron chi connectivity index (χ1n) is 9.64.